The van der Waals surface area contributed by atoms with E-state index in [1.54, 1.807) is 24.3 Å². The number of pyridine rings is 1. The molecular weight excluding hydrogens is 430 g/mol. The van der Waals surface area contributed by atoms with Crippen LogP contribution in [-0.4, -0.2) is 50.5 Å². The molecule has 33 heavy (non-hydrogen) atoms. The standard InChI is InChI=1S/C15H15NO4.C9H10O4/c17-14-12-6-2-1-5-11(12)13(15(18)19)9-16(14)8-10-4-3-7-20-10;1-9(8(12)13)4-2-3-6(5-9)7(10)11/h1-2,5-6,9-10H,3-4,7-8H2,(H,18,19);2-4H,5H2,1H3,(H,10,11)(H,12,13). The summed E-state index contributed by atoms with van der Waals surface area (Å²) < 4.78 is 6.98. The molecule has 9 heteroatoms. The second-order valence-electron chi connectivity index (χ2n) is 8.24. The molecule has 0 amide bonds. The summed E-state index contributed by atoms with van der Waals surface area (Å²) in [5, 5.41) is 27.7. The molecule has 2 atom stereocenters. The lowest BCUT2D eigenvalue weighted by Gasteiger charge is -2.23. The zero-order valence-corrected chi connectivity index (χ0v) is 18.1. The molecule has 3 N–H and O–H groups in total. The summed E-state index contributed by atoms with van der Waals surface area (Å²) in [5.41, 5.74) is -0.964. The van der Waals surface area contributed by atoms with Crippen LogP contribution in [0.25, 0.3) is 10.8 Å². The third-order valence-corrected chi connectivity index (χ3v) is 5.73. The van der Waals surface area contributed by atoms with Crippen molar-refractivity contribution in [3.8, 4) is 0 Å². The Morgan fingerprint density at radius 1 is 1.12 bits per heavy atom. The van der Waals surface area contributed by atoms with Crippen molar-refractivity contribution in [1.29, 1.82) is 0 Å². The van der Waals surface area contributed by atoms with Crippen molar-refractivity contribution in [2.75, 3.05) is 6.61 Å². The van der Waals surface area contributed by atoms with Crippen molar-refractivity contribution in [3.05, 3.63) is 70.2 Å². The summed E-state index contributed by atoms with van der Waals surface area (Å²) in [6.45, 7) is 2.62. The van der Waals surface area contributed by atoms with Crippen LogP contribution in [0.4, 0.5) is 0 Å². The maximum atomic E-state index is 12.4. The zero-order valence-electron chi connectivity index (χ0n) is 18.1. The molecule has 0 radical (unpaired) electrons. The average molecular weight is 455 g/mol. The van der Waals surface area contributed by atoms with Gasteiger partial charge in [0.2, 0.25) is 0 Å². The smallest absolute Gasteiger partial charge is 0.337 e. The Balaban J connectivity index is 0.000000205. The number of nitrogens with zero attached hydrogens (tertiary/aromatic N) is 1. The largest absolute Gasteiger partial charge is 0.481 e. The van der Waals surface area contributed by atoms with Crippen molar-refractivity contribution in [2.45, 2.75) is 38.8 Å². The Hall–Kier alpha value is -3.72. The van der Waals surface area contributed by atoms with Gasteiger partial charge >= 0.3 is 17.9 Å². The number of ether oxygens (including phenoxy) is 1. The highest BCUT2D eigenvalue weighted by molar-refractivity contribution is 6.02. The number of hydrogen-bond donors (Lipinski definition) is 3. The number of aliphatic carboxylic acids is 2. The predicted molar refractivity (Wildman–Crippen MR) is 119 cm³/mol. The number of hydrogen-bond acceptors (Lipinski definition) is 5. The maximum Gasteiger partial charge on any atom is 0.337 e. The van der Waals surface area contributed by atoms with Crippen LogP contribution in [0.1, 0.15) is 36.5 Å². The lowest BCUT2D eigenvalue weighted by molar-refractivity contribution is -0.145. The molecule has 0 bridgehead atoms. The molecule has 2 unspecified atom stereocenters. The van der Waals surface area contributed by atoms with Crippen molar-refractivity contribution >= 4 is 28.7 Å². The topological polar surface area (TPSA) is 143 Å². The van der Waals surface area contributed by atoms with Gasteiger partial charge in [0.15, 0.2) is 0 Å². The first-order chi connectivity index (χ1) is 15.6. The van der Waals surface area contributed by atoms with Crippen molar-refractivity contribution in [2.24, 2.45) is 5.41 Å². The van der Waals surface area contributed by atoms with Crippen LogP contribution in [0, 0.1) is 5.41 Å². The number of allylic oxidation sites excluding steroid dienone is 2. The first-order valence-electron chi connectivity index (χ1n) is 10.4. The number of aromatic carboxylic acids is 1. The molecule has 1 fully saturated rings. The molecule has 1 aliphatic heterocycles. The minimum Gasteiger partial charge on any atom is -0.481 e. The van der Waals surface area contributed by atoms with E-state index in [-0.39, 0.29) is 29.2 Å². The van der Waals surface area contributed by atoms with Gasteiger partial charge in [-0.1, -0.05) is 36.4 Å². The van der Waals surface area contributed by atoms with Gasteiger partial charge in [0, 0.05) is 29.1 Å². The molecule has 9 nitrogen and oxygen atoms in total. The summed E-state index contributed by atoms with van der Waals surface area (Å²) >= 11 is 0. The van der Waals surface area contributed by atoms with Crippen LogP contribution < -0.4 is 5.56 Å². The van der Waals surface area contributed by atoms with Crippen LogP contribution >= 0.6 is 0 Å². The Bertz CT molecular complexity index is 1200. The van der Waals surface area contributed by atoms with E-state index in [9.17, 15) is 24.3 Å². The van der Waals surface area contributed by atoms with E-state index >= 15 is 0 Å². The maximum absolute atomic E-state index is 12.4. The minimum atomic E-state index is -1.08. The summed E-state index contributed by atoms with van der Waals surface area (Å²) in [4.78, 5) is 45.1. The lowest BCUT2D eigenvalue weighted by Crippen LogP contribution is -2.28. The number of rotatable bonds is 5. The van der Waals surface area contributed by atoms with Gasteiger partial charge in [-0.15, -0.1) is 0 Å². The molecular formula is C24H25NO8. The van der Waals surface area contributed by atoms with Gasteiger partial charge in [0.1, 0.15) is 0 Å². The monoisotopic (exact) mass is 455 g/mol. The molecule has 4 rings (SSSR count). The second kappa shape index (κ2) is 9.83. The van der Waals surface area contributed by atoms with Crippen LogP contribution in [0.3, 0.4) is 0 Å². The number of aromatic nitrogens is 1. The molecule has 1 saturated heterocycles. The molecule has 1 aromatic heterocycles. The SMILES string of the molecule is CC1(C(=O)O)C=CC=C(C(=O)O)C1.O=C(O)c1cn(CC2CCCO2)c(=O)c2ccccc12. The molecule has 2 heterocycles. The lowest BCUT2D eigenvalue weighted by atomic mass is 9.80. The number of carboxylic acid groups (broad SMARTS) is 3. The van der Waals surface area contributed by atoms with Crippen molar-refractivity contribution in [3.63, 3.8) is 0 Å². The Labute approximate surface area is 189 Å². The van der Waals surface area contributed by atoms with E-state index in [0.717, 1.165) is 12.8 Å². The van der Waals surface area contributed by atoms with E-state index in [4.69, 9.17) is 14.9 Å². The molecule has 174 valence electrons. The number of fused-ring (bicyclic) bond motifs is 1. The van der Waals surface area contributed by atoms with Crippen LogP contribution in [0.5, 0.6) is 0 Å². The van der Waals surface area contributed by atoms with Gasteiger partial charge in [-0.25, -0.2) is 9.59 Å². The van der Waals surface area contributed by atoms with Gasteiger partial charge in [-0.05, 0) is 32.3 Å². The van der Waals surface area contributed by atoms with E-state index in [1.807, 2.05) is 0 Å². The van der Waals surface area contributed by atoms with Crippen LogP contribution in [0.2, 0.25) is 0 Å². The highest BCUT2D eigenvalue weighted by Crippen LogP contribution is 2.31. The van der Waals surface area contributed by atoms with E-state index in [1.165, 1.54) is 35.9 Å². The van der Waals surface area contributed by atoms with Crippen molar-refractivity contribution < 1.29 is 34.4 Å². The van der Waals surface area contributed by atoms with E-state index in [2.05, 4.69) is 0 Å². The third kappa shape index (κ3) is 5.38. The molecule has 1 aliphatic carbocycles. The molecule has 1 aromatic carbocycles. The molecule has 0 saturated carbocycles. The first kappa shape index (κ1) is 23.9. The van der Waals surface area contributed by atoms with Gasteiger partial charge in [-0.2, -0.15) is 0 Å². The highest BCUT2D eigenvalue weighted by Gasteiger charge is 2.34. The Morgan fingerprint density at radius 3 is 2.39 bits per heavy atom. The highest BCUT2D eigenvalue weighted by atomic mass is 16.5. The third-order valence-electron chi connectivity index (χ3n) is 5.73. The van der Waals surface area contributed by atoms with E-state index in [0.29, 0.717) is 23.9 Å². The van der Waals surface area contributed by atoms with Crippen LogP contribution in [-0.2, 0) is 20.9 Å². The number of benzene rings is 1. The fourth-order valence-corrected chi connectivity index (χ4v) is 3.84. The van der Waals surface area contributed by atoms with Gasteiger partial charge in [0.25, 0.3) is 5.56 Å². The van der Waals surface area contributed by atoms with E-state index < -0.39 is 23.3 Å². The number of carbonyl (C=O) groups is 3. The quantitative estimate of drug-likeness (QED) is 0.624. The Morgan fingerprint density at radius 2 is 1.82 bits per heavy atom. The first-order valence-corrected chi connectivity index (χ1v) is 10.4. The summed E-state index contributed by atoms with van der Waals surface area (Å²) in [7, 11) is 0. The summed E-state index contributed by atoms with van der Waals surface area (Å²) in [6.07, 6.45) is 7.75. The van der Waals surface area contributed by atoms with Gasteiger partial charge < -0.3 is 24.6 Å². The predicted octanol–water partition coefficient (Wildman–Crippen LogP) is 2.93. The molecule has 2 aromatic rings. The van der Waals surface area contributed by atoms with Gasteiger partial charge in [-0.3, -0.25) is 9.59 Å². The fraction of sp³-hybridized carbons (Fsp3) is 0.333. The molecule has 0 spiro atoms. The van der Waals surface area contributed by atoms with Gasteiger partial charge in [0.05, 0.1) is 23.6 Å². The minimum absolute atomic E-state index is 0.00416. The van der Waals surface area contributed by atoms with Crippen molar-refractivity contribution in [1.82, 2.24) is 4.57 Å². The number of carboxylic acids is 3. The van der Waals surface area contributed by atoms with Crippen LogP contribution in [0.15, 0.2) is 59.1 Å². The Kier molecular flexibility index (Phi) is 7.13. The summed E-state index contributed by atoms with van der Waals surface area (Å²) in [5.74, 6) is -3.09. The zero-order chi connectivity index (χ0) is 24.2. The fourth-order valence-electron chi connectivity index (χ4n) is 3.84. The summed E-state index contributed by atoms with van der Waals surface area (Å²) in [6, 6.07) is 6.80. The molecule has 2 aliphatic rings. The normalized spacial score (nSPS) is 21.7. The second-order valence-corrected chi connectivity index (χ2v) is 8.24. The average Bonchev–Trinajstić information content (AvgIpc) is 3.29.